The maximum atomic E-state index is 5.68. The van der Waals surface area contributed by atoms with Crippen LogP contribution in [0.25, 0.3) is 0 Å². The smallest absolute Gasteiger partial charge is 0.0562 e. The Balaban J connectivity index is 0.000000310. The van der Waals surface area contributed by atoms with E-state index in [4.69, 9.17) is 18.0 Å². The molecule has 0 fully saturated rings. The maximum Gasteiger partial charge on any atom is 0.0562 e. The first-order valence-electron chi connectivity index (χ1n) is 4.29. The topological polar surface area (TPSA) is 0 Å². The van der Waals surface area contributed by atoms with Crippen LogP contribution in [0.2, 0.25) is 24.7 Å². The van der Waals surface area contributed by atoms with E-state index in [2.05, 4.69) is 25.6 Å². The summed E-state index contributed by atoms with van der Waals surface area (Å²) < 4.78 is 0. The Morgan fingerprint density at radius 2 is 1.69 bits per heavy atom. The Hall–Kier alpha value is -0.713. The van der Waals surface area contributed by atoms with Crippen LogP contribution in [0.3, 0.4) is 0 Å². The highest BCUT2D eigenvalue weighted by Crippen LogP contribution is 2.12. The van der Waals surface area contributed by atoms with Gasteiger partial charge in [-0.15, -0.1) is 6.42 Å². The molecule has 70 valence electrons. The van der Waals surface area contributed by atoms with E-state index >= 15 is 0 Å². The van der Waals surface area contributed by atoms with Crippen molar-refractivity contribution in [3.05, 3.63) is 34.9 Å². The van der Waals surface area contributed by atoms with Crippen molar-refractivity contribution in [3.8, 4) is 12.3 Å². The van der Waals surface area contributed by atoms with Crippen molar-refractivity contribution in [2.75, 3.05) is 0 Å². The molecule has 0 amide bonds. The van der Waals surface area contributed by atoms with Gasteiger partial charge in [0.2, 0.25) is 0 Å². The van der Waals surface area contributed by atoms with E-state index in [0.29, 0.717) is 5.02 Å². The summed E-state index contributed by atoms with van der Waals surface area (Å²) in [6.07, 6.45) is 5.12. The summed E-state index contributed by atoms with van der Waals surface area (Å²) in [5.74, 6) is 2.46. The molecule has 1 aromatic carbocycles. The Bertz CT molecular complexity index is 284. The number of benzene rings is 1. The molecule has 0 aliphatic carbocycles. The summed E-state index contributed by atoms with van der Waals surface area (Å²) in [7, 11) is -0.139. The molecular weight excluding hydrogens is 196 g/mol. The first kappa shape index (κ1) is 12.3. The third-order valence-corrected chi connectivity index (χ3v) is 1.36. The first-order chi connectivity index (χ1) is 6.07. The molecule has 0 aliphatic heterocycles. The predicted molar refractivity (Wildman–Crippen MR) is 64.1 cm³/mol. The van der Waals surface area contributed by atoms with Crippen molar-refractivity contribution in [2.45, 2.75) is 19.6 Å². The van der Waals surface area contributed by atoms with Crippen LogP contribution in [0, 0.1) is 12.3 Å². The molecule has 13 heavy (non-hydrogen) atoms. The van der Waals surface area contributed by atoms with E-state index in [1.807, 2.05) is 18.2 Å². The average molecular weight is 211 g/mol. The largest absolute Gasteiger partial charge is 0.115 e. The molecule has 0 aromatic heterocycles. The standard InChI is InChI=1S/C8H5Cl.C3H10Si/c1-2-7-5-3-4-6-8(7)9;1-4(2)3/h1,3-6H;4H,1-3H3. The molecule has 0 saturated carbocycles. The van der Waals surface area contributed by atoms with Crippen LogP contribution < -0.4 is 0 Å². The van der Waals surface area contributed by atoms with Gasteiger partial charge >= 0.3 is 0 Å². The second-order valence-corrected chi connectivity index (χ2v) is 7.23. The minimum atomic E-state index is -0.139. The minimum Gasteiger partial charge on any atom is -0.115 e. The van der Waals surface area contributed by atoms with Crippen molar-refractivity contribution in [2.24, 2.45) is 0 Å². The van der Waals surface area contributed by atoms with Crippen LogP contribution in [0.5, 0.6) is 0 Å². The van der Waals surface area contributed by atoms with Gasteiger partial charge in [-0.2, -0.15) is 0 Å². The number of halogens is 1. The molecule has 0 bridgehead atoms. The van der Waals surface area contributed by atoms with E-state index < -0.39 is 0 Å². The Labute approximate surface area is 87.5 Å². The van der Waals surface area contributed by atoms with Crippen molar-refractivity contribution >= 4 is 20.4 Å². The fraction of sp³-hybridized carbons (Fsp3) is 0.273. The fourth-order valence-electron chi connectivity index (χ4n) is 0.578. The zero-order valence-corrected chi connectivity index (χ0v) is 10.3. The molecule has 0 unspecified atom stereocenters. The Kier molecular flexibility index (Phi) is 6.39. The molecule has 0 heterocycles. The third-order valence-electron chi connectivity index (χ3n) is 1.03. The van der Waals surface area contributed by atoms with Gasteiger partial charge in [0.05, 0.1) is 5.02 Å². The van der Waals surface area contributed by atoms with E-state index in [1.54, 1.807) is 6.07 Å². The predicted octanol–water partition coefficient (Wildman–Crippen LogP) is 3.42. The molecule has 0 N–H and O–H groups in total. The van der Waals surface area contributed by atoms with Gasteiger partial charge in [0.25, 0.3) is 0 Å². The monoisotopic (exact) mass is 210 g/mol. The molecule has 0 spiro atoms. The van der Waals surface area contributed by atoms with Gasteiger partial charge in [-0.25, -0.2) is 0 Å². The van der Waals surface area contributed by atoms with Crippen molar-refractivity contribution in [1.29, 1.82) is 0 Å². The summed E-state index contributed by atoms with van der Waals surface area (Å²) in [5.41, 5.74) is 0.749. The van der Waals surface area contributed by atoms with Gasteiger partial charge in [0.1, 0.15) is 0 Å². The Morgan fingerprint density at radius 3 is 2.00 bits per heavy atom. The highest BCUT2D eigenvalue weighted by Gasteiger charge is 1.90. The van der Waals surface area contributed by atoms with Crippen LogP contribution in [0.15, 0.2) is 24.3 Å². The van der Waals surface area contributed by atoms with Gasteiger partial charge in [-0.3, -0.25) is 0 Å². The van der Waals surface area contributed by atoms with Gasteiger partial charge in [-0.1, -0.05) is 49.3 Å². The quantitative estimate of drug-likeness (QED) is 0.455. The summed E-state index contributed by atoms with van der Waals surface area (Å²) in [6.45, 7) is 6.92. The van der Waals surface area contributed by atoms with Crippen molar-refractivity contribution in [1.82, 2.24) is 0 Å². The lowest BCUT2D eigenvalue weighted by atomic mass is 10.2. The molecule has 0 radical (unpaired) electrons. The van der Waals surface area contributed by atoms with E-state index in [0.717, 1.165) is 5.56 Å². The maximum absolute atomic E-state index is 5.68. The van der Waals surface area contributed by atoms with E-state index in [1.165, 1.54) is 0 Å². The van der Waals surface area contributed by atoms with Crippen LogP contribution in [0.4, 0.5) is 0 Å². The second kappa shape index (κ2) is 6.77. The molecule has 1 rings (SSSR count). The molecule has 0 aliphatic rings. The van der Waals surface area contributed by atoms with Gasteiger partial charge in [-0.05, 0) is 12.1 Å². The Morgan fingerprint density at radius 1 is 1.23 bits per heavy atom. The molecule has 0 atom stereocenters. The summed E-state index contributed by atoms with van der Waals surface area (Å²) in [5, 5.41) is 0.639. The average Bonchev–Trinajstić information content (AvgIpc) is 2.04. The highest BCUT2D eigenvalue weighted by atomic mass is 35.5. The zero-order valence-electron chi connectivity index (χ0n) is 8.34. The molecular formula is C11H15ClSi. The number of rotatable bonds is 0. The lowest BCUT2D eigenvalue weighted by Crippen LogP contribution is -1.84. The summed E-state index contributed by atoms with van der Waals surface area (Å²) in [4.78, 5) is 0. The summed E-state index contributed by atoms with van der Waals surface area (Å²) >= 11 is 5.68. The van der Waals surface area contributed by atoms with Gasteiger partial charge in [0.15, 0.2) is 0 Å². The lowest BCUT2D eigenvalue weighted by molar-refractivity contribution is 1.65. The van der Waals surface area contributed by atoms with Crippen LogP contribution >= 0.6 is 11.6 Å². The minimum absolute atomic E-state index is 0.139. The van der Waals surface area contributed by atoms with E-state index in [-0.39, 0.29) is 8.80 Å². The molecule has 0 saturated heterocycles. The zero-order chi connectivity index (χ0) is 10.3. The first-order valence-corrected chi connectivity index (χ1v) is 8.13. The number of hydrogen-bond acceptors (Lipinski definition) is 0. The highest BCUT2D eigenvalue weighted by molar-refractivity contribution is 6.54. The third kappa shape index (κ3) is 6.45. The van der Waals surface area contributed by atoms with Gasteiger partial charge < -0.3 is 0 Å². The molecule has 0 nitrogen and oxygen atoms in total. The van der Waals surface area contributed by atoms with E-state index in [9.17, 15) is 0 Å². The molecule has 2 heteroatoms. The van der Waals surface area contributed by atoms with Crippen LogP contribution in [-0.4, -0.2) is 8.80 Å². The lowest BCUT2D eigenvalue weighted by Gasteiger charge is -1.90. The van der Waals surface area contributed by atoms with Crippen molar-refractivity contribution in [3.63, 3.8) is 0 Å². The normalized spacial score (nSPS) is 8.62. The molecule has 1 aromatic rings. The SMILES string of the molecule is C#Cc1ccccc1Cl.C[SiH](C)C. The van der Waals surface area contributed by atoms with Gasteiger partial charge in [0, 0.05) is 14.4 Å². The van der Waals surface area contributed by atoms with Crippen LogP contribution in [0.1, 0.15) is 5.56 Å². The second-order valence-electron chi connectivity index (χ2n) is 3.36. The number of terminal acetylenes is 1. The number of hydrogen-bond donors (Lipinski definition) is 0. The summed E-state index contributed by atoms with van der Waals surface area (Å²) in [6, 6.07) is 7.29. The van der Waals surface area contributed by atoms with Crippen LogP contribution in [-0.2, 0) is 0 Å². The van der Waals surface area contributed by atoms with Crippen molar-refractivity contribution < 1.29 is 0 Å². The fourth-order valence-corrected chi connectivity index (χ4v) is 0.769.